The van der Waals surface area contributed by atoms with Gasteiger partial charge in [0, 0.05) is 35.1 Å². The van der Waals surface area contributed by atoms with Crippen molar-refractivity contribution in [2.45, 2.75) is 6.92 Å². The Kier molecular flexibility index (Phi) is 5.31. The van der Waals surface area contributed by atoms with E-state index in [2.05, 4.69) is 15.3 Å². The number of halogens is 1. The van der Waals surface area contributed by atoms with Gasteiger partial charge in [-0.1, -0.05) is 11.6 Å². The number of benzene rings is 2. The number of anilines is 1. The highest BCUT2D eigenvalue weighted by Gasteiger charge is 2.18. The van der Waals surface area contributed by atoms with Gasteiger partial charge in [0.05, 0.1) is 9.95 Å². The second-order valence-electron chi connectivity index (χ2n) is 7.41. The zero-order chi connectivity index (χ0) is 23.8. The maximum Gasteiger partial charge on any atom is 0.291 e. The number of fused-ring (bicyclic) bond motifs is 1. The van der Waals surface area contributed by atoms with E-state index in [0.717, 1.165) is 11.1 Å². The fourth-order valence-electron chi connectivity index (χ4n) is 3.44. The second-order valence-corrected chi connectivity index (χ2v) is 7.82. The Bertz CT molecular complexity index is 1540. The zero-order valence-electron chi connectivity index (χ0n) is 17.6. The van der Waals surface area contributed by atoms with Gasteiger partial charge >= 0.3 is 0 Å². The van der Waals surface area contributed by atoms with Gasteiger partial charge < -0.3 is 14.2 Å². The van der Waals surface area contributed by atoms with Crippen molar-refractivity contribution in [2.24, 2.45) is 0 Å². The molecule has 5 rings (SSSR count). The van der Waals surface area contributed by atoms with E-state index in [1.165, 1.54) is 24.3 Å². The van der Waals surface area contributed by atoms with Gasteiger partial charge in [-0.3, -0.25) is 14.9 Å². The van der Waals surface area contributed by atoms with Crippen LogP contribution >= 0.6 is 11.6 Å². The SMILES string of the molecule is Cc1cc(-c2nc3ncccc3o2)ccc1NC(=O)c1ccc(-c2ccc([N+](=O)[O-])cc2Cl)o1. The Morgan fingerprint density at radius 3 is 2.68 bits per heavy atom. The molecule has 0 aliphatic carbocycles. The van der Waals surface area contributed by atoms with E-state index in [1.54, 1.807) is 36.5 Å². The van der Waals surface area contributed by atoms with Crippen LogP contribution in [0.4, 0.5) is 11.4 Å². The molecule has 5 aromatic rings. The molecule has 2 aromatic carbocycles. The Balaban J connectivity index is 1.35. The minimum Gasteiger partial charge on any atom is -0.451 e. The van der Waals surface area contributed by atoms with Crippen LogP contribution in [0, 0.1) is 17.0 Å². The number of nitrogens with one attached hydrogen (secondary N) is 1. The van der Waals surface area contributed by atoms with Gasteiger partial charge in [0.25, 0.3) is 11.6 Å². The topological polar surface area (TPSA) is 124 Å². The third-order valence-electron chi connectivity index (χ3n) is 5.15. The van der Waals surface area contributed by atoms with E-state index in [1.807, 2.05) is 13.0 Å². The summed E-state index contributed by atoms with van der Waals surface area (Å²) in [5, 5.41) is 13.9. The maximum atomic E-state index is 12.7. The minimum absolute atomic E-state index is 0.0675. The van der Waals surface area contributed by atoms with E-state index in [4.69, 9.17) is 20.4 Å². The summed E-state index contributed by atoms with van der Waals surface area (Å²) < 4.78 is 11.4. The molecule has 1 N–H and O–H groups in total. The van der Waals surface area contributed by atoms with Crippen LogP contribution in [0.1, 0.15) is 16.1 Å². The first-order chi connectivity index (χ1) is 16.4. The number of oxazole rings is 1. The molecule has 168 valence electrons. The summed E-state index contributed by atoms with van der Waals surface area (Å²) >= 11 is 6.16. The quantitative estimate of drug-likeness (QED) is 0.235. The van der Waals surface area contributed by atoms with E-state index >= 15 is 0 Å². The highest BCUT2D eigenvalue weighted by Crippen LogP contribution is 2.33. The van der Waals surface area contributed by atoms with Crippen molar-refractivity contribution in [2.75, 3.05) is 5.32 Å². The number of nitro benzene ring substituents is 1. The molecule has 3 aromatic heterocycles. The highest BCUT2D eigenvalue weighted by molar-refractivity contribution is 6.33. The summed E-state index contributed by atoms with van der Waals surface area (Å²) in [7, 11) is 0. The molecule has 0 spiro atoms. The number of carbonyl (C=O) groups excluding carboxylic acids is 1. The van der Waals surface area contributed by atoms with Gasteiger partial charge in [-0.05, 0) is 61.0 Å². The molecule has 0 saturated heterocycles. The lowest BCUT2D eigenvalue weighted by atomic mass is 10.1. The van der Waals surface area contributed by atoms with E-state index in [9.17, 15) is 14.9 Å². The van der Waals surface area contributed by atoms with Crippen LogP contribution in [0.25, 0.3) is 34.0 Å². The first-order valence-corrected chi connectivity index (χ1v) is 10.4. The van der Waals surface area contributed by atoms with Crippen molar-refractivity contribution in [1.82, 2.24) is 9.97 Å². The monoisotopic (exact) mass is 474 g/mol. The third-order valence-corrected chi connectivity index (χ3v) is 5.46. The minimum atomic E-state index is -0.536. The highest BCUT2D eigenvalue weighted by atomic mass is 35.5. The zero-order valence-corrected chi connectivity index (χ0v) is 18.4. The number of nitro groups is 1. The first-order valence-electron chi connectivity index (χ1n) is 10.1. The van der Waals surface area contributed by atoms with Crippen LogP contribution in [-0.2, 0) is 0 Å². The normalized spacial score (nSPS) is 11.0. The number of amides is 1. The number of aryl methyl sites for hydroxylation is 1. The van der Waals surface area contributed by atoms with Crippen molar-refractivity contribution < 1.29 is 18.6 Å². The molecular formula is C24H15ClN4O5. The Morgan fingerprint density at radius 1 is 1.09 bits per heavy atom. The lowest BCUT2D eigenvalue weighted by molar-refractivity contribution is -0.384. The number of nitrogens with zero attached hydrogens (tertiary/aromatic N) is 3. The van der Waals surface area contributed by atoms with Crippen molar-refractivity contribution in [3.63, 3.8) is 0 Å². The van der Waals surface area contributed by atoms with Crippen LogP contribution in [0.15, 0.2) is 75.7 Å². The number of non-ortho nitro benzene ring substituents is 1. The van der Waals surface area contributed by atoms with Gasteiger partial charge in [-0.15, -0.1) is 0 Å². The Hall–Kier alpha value is -4.50. The van der Waals surface area contributed by atoms with Gasteiger partial charge in [0.2, 0.25) is 5.89 Å². The van der Waals surface area contributed by atoms with Crippen LogP contribution in [0.3, 0.4) is 0 Å². The molecule has 9 nitrogen and oxygen atoms in total. The smallest absolute Gasteiger partial charge is 0.291 e. The van der Waals surface area contributed by atoms with Gasteiger partial charge in [0.1, 0.15) is 5.76 Å². The van der Waals surface area contributed by atoms with Gasteiger partial charge in [0.15, 0.2) is 17.0 Å². The molecule has 10 heteroatoms. The molecule has 0 aliphatic rings. The number of hydrogen-bond donors (Lipinski definition) is 1. The average Bonchev–Trinajstić information content (AvgIpc) is 3.48. The number of carbonyl (C=O) groups is 1. The molecule has 34 heavy (non-hydrogen) atoms. The summed E-state index contributed by atoms with van der Waals surface area (Å²) in [6.07, 6.45) is 1.65. The number of furan rings is 1. The van der Waals surface area contributed by atoms with Crippen molar-refractivity contribution in [3.8, 4) is 22.8 Å². The summed E-state index contributed by atoms with van der Waals surface area (Å²) in [5.74, 6) is 0.371. The van der Waals surface area contributed by atoms with Crippen molar-refractivity contribution >= 4 is 40.1 Å². The fourth-order valence-corrected chi connectivity index (χ4v) is 3.70. The molecule has 0 unspecified atom stereocenters. The summed E-state index contributed by atoms with van der Waals surface area (Å²) in [6.45, 7) is 1.85. The number of pyridine rings is 1. The molecule has 0 atom stereocenters. The van der Waals surface area contributed by atoms with Crippen LogP contribution in [0.2, 0.25) is 5.02 Å². The Labute approximate surface area is 197 Å². The van der Waals surface area contributed by atoms with E-state index < -0.39 is 10.8 Å². The summed E-state index contributed by atoms with van der Waals surface area (Å²) in [5.41, 5.74) is 3.57. The molecule has 0 aliphatic heterocycles. The molecule has 0 fully saturated rings. The second kappa shape index (κ2) is 8.45. The van der Waals surface area contributed by atoms with Crippen LogP contribution < -0.4 is 5.32 Å². The Morgan fingerprint density at radius 2 is 1.94 bits per heavy atom. The first kappa shape index (κ1) is 21.4. The number of aromatic nitrogens is 2. The standard InChI is InChI=1S/C24H15ClN4O5/c1-13-11-14(24-28-22-20(34-24)3-2-10-26-22)4-7-18(13)27-23(30)21-9-8-19(33-21)16-6-5-15(29(31)32)12-17(16)25/h2-12H,1H3,(H,27,30). The largest absolute Gasteiger partial charge is 0.451 e. The van der Waals surface area contributed by atoms with Crippen LogP contribution in [-0.4, -0.2) is 20.8 Å². The fraction of sp³-hybridized carbons (Fsp3) is 0.0417. The summed E-state index contributed by atoms with van der Waals surface area (Å²) in [6, 6.07) is 16.1. The molecule has 3 heterocycles. The van der Waals surface area contributed by atoms with Crippen molar-refractivity contribution in [3.05, 3.63) is 93.3 Å². The van der Waals surface area contributed by atoms with E-state index in [0.29, 0.717) is 34.1 Å². The molecule has 0 bridgehead atoms. The predicted molar refractivity (Wildman–Crippen MR) is 126 cm³/mol. The molecular weight excluding hydrogens is 460 g/mol. The average molecular weight is 475 g/mol. The molecule has 0 saturated carbocycles. The predicted octanol–water partition coefficient (Wildman–Crippen LogP) is 6.27. The van der Waals surface area contributed by atoms with Crippen LogP contribution in [0.5, 0.6) is 0 Å². The number of hydrogen-bond acceptors (Lipinski definition) is 7. The lowest BCUT2D eigenvalue weighted by Crippen LogP contribution is -2.11. The number of rotatable bonds is 5. The van der Waals surface area contributed by atoms with E-state index in [-0.39, 0.29) is 16.5 Å². The third kappa shape index (κ3) is 4.00. The van der Waals surface area contributed by atoms with Gasteiger partial charge in [-0.2, -0.15) is 4.98 Å². The van der Waals surface area contributed by atoms with Crippen molar-refractivity contribution in [1.29, 1.82) is 0 Å². The lowest BCUT2D eigenvalue weighted by Gasteiger charge is -2.08. The molecule has 1 amide bonds. The maximum absolute atomic E-state index is 12.7. The molecule has 0 radical (unpaired) electrons. The summed E-state index contributed by atoms with van der Waals surface area (Å²) in [4.78, 5) is 31.7. The van der Waals surface area contributed by atoms with Gasteiger partial charge in [-0.25, -0.2) is 4.98 Å².